The molecule has 0 N–H and O–H groups in total. The summed E-state index contributed by atoms with van der Waals surface area (Å²) in [6.45, 7) is 14.0. The summed E-state index contributed by atoms with van der Waals surface area (Å²) in [6.07, 6.45) is 0. The average molecular weight is 557 g/mol. The highest BCUT2D eigenvalue weighted by Crippen LogP contribution is 2.45. The lowest BCUT2D eigenvalue weighted by Crippen LogP contribution is -2.17. The molecule has 0 fully saturated rings. The van der Waals surface area contributed by atoms with Crippen molar-refractivity contribution in [2.45, 2.75) is 52.4 Å². The lowest BCUT2D eigenvalue weighted by Gasteiger charge is -2.30. The molecule has 1 aromatic heterocycles. The first-order chi connectivity index (χ1) is 20.6. The maximum Gasteiger partial charge on any atom is 0.0991 e. The Morgan fingerprint density at radius 1 is 0.488 bits per heavy atom. The summed E-state index contributed by atoms with van der Waals surface area (Å²) in [6, 6.07) is 41.6. The van der Waals surface area contributed by atoms with E-state index in [1.165, 1.54) is 43.8 Å². The van der Waals surface area contributed by atoms with Crippen molar-refractivity contribution in [1.29, 1.82) is 5.26 Å². The third-order valence-corrected chi connectivity index (χ3v) is 8.77. The van der Waals surface area contributed by atoms with Gasteiger partial charge in [0.2, 0.25) is 0 Å². The van der Waals surface area contributed by atoms with Gasteiger partial charge in [-0.05, 0) is 103 Å². The fourth-order valence-electron chi connectivity index (χ4n) is 7.10. The van der Waals surface area contributed by atoms with Gasteiger partial charge in [-0.1, -0.05) is 102 Å². The molecular formula is C41H36N2. The van der Waals surface area contributed by atoms with E-state index >= 15 is 0 Å². The fourth-order valence-corrected chi connectivity index (χ4v) is 7.10. The van der Waals surface area contributed by atoms with Crippen LogP contribution in [0.25, 0.3) is 60.2 Å². The van der Waals surface area contributed by atoms with Crippen molar-refractivity contribution in [2.24, 2.45) is 0 Å². The lowest BCUT2D eigenvalue weighted by molar-refractivity contribution is 0.593. The Balaban J connectivity index is 1.54. The van der Waals surface area contributed by atoms with Crippen molar-refractivity contribution in [2.75, 3.05) is 0 Å². The Hall–Kier alpha value is -4.87. The van der Waals surface area contributed by atoms with Crippen LogP contribution in [0.1, 0.15) is 58.2 Å². The molecular weight excluding hydrogens is 520 g/mol. The third-order valence-electron chi connectivity index (χ3n) is 8.77. The van der Waals surface area contributed by atoms with Crippen molar-refractivity contribution in [3.63, 3.8) is 0 Å². The van der Waals surface area contributed by atoms with Crippen LogP contribution >= 0.6 is 0 Å². The molecule has 0 radical (unpaired) electrons. The summed E-state index contributed by atoms with van der Waals surface area (Å²) < 4.78 is 2.30. The highest BCUT2D eigenvalue weighted by molar-refractivity contribution is 6.12. The van der Waals surface area contributed by atoms with Gasteiger partial charge in [-0.3, -0.25) is 0 Å². The molecule has 43 heavy (non-hydrogen) atoms. The topological polar surface area (TPSA) is 28.7 Å². The van der Waals surface area contributed by atoms with Gasteiger partial charge in [0.15, 0.2) is 0 Å². The van der Waals surface area contributed by atoms with Gasteiger partial charge >= 0.3 is 0 Å². The zero-order valence-corrected chi connectivity index (χ0v) is 25.8. The predicted molar refractivity (Wildman–Crippen MR) is 183 cm³/mol. The van der Waals surface area contributed by atoms with Crippen LogP contribution in [0, 0.1) is 11.3 Å². The Labute approximate surface area is 253 Å². The van der Waals surface area contributed by atoms with Crippen molar-refractivity contribution in [3.05, 3.63) is 126 Å². The van der Waals surface area contributed by atoms with Crippen molar-refractivity contribution >= 4 is 43.4 Å². The predicted octanol–water partition coefficient (Wildman–Crippen LogP) is 11.2. The summed E-state index contributed by atoms with van der Waals surface area (Å²) in [4.78, 5) is 0. The number of aromatic nitrogens is 1. The van der Waals surface area contributed by atoms with Crippen LogP contribution < -0.4 is 0 Å². The van der Waals surface area contributed by atoms with E-state index in [1.807, 2.05) is 18.2 Å². The van der Waals surface area contributed by atoms with E-state index in [1.54, 1.807) is 0 Å². The summed E-state index contributed by atoms with van der Waals surface area (Å²) >= 11 is 0. The quantitative estimate of drug-likeness (QED) is 0.195. The van der Waals surface area contributed by atoms with Gasteiger partial charge in [0.05, 0.1) is 22.7 Å². The van der Waals surface area contributed by atoms with Gasteiger partial charge in [-0.2, -0.15) is 5.26 Å². The second-order valence-corrected chi connectivity index (χ2v) is 13.8. The molecule has 0 spiro atoms. The first-order valence-corrected chi connectivity index (χ1v) is 15.1. The van der Waals surface area contributed by atoms with E-state index in [4.69, 9.17) is 0 Å². The van der Waals surface area contributed by atoms with Crippen LogP contribution in [0.2, 0.25) is 0 Å². The number of benzene rings is 6. The number of fused-ring (bicyclic) bond motifs is 5. The van der Waals surface area contributed by atoms with Crippen molar-refractivity contribution in [1.82, 2.24) is 4.57 Å². The molecule has 0 aliphatic carbocycles. The van der Waals surface area contributed by atoms with Crippen LogP contribution in [-0.4, -0.2) is 4.57 Å². The summed E-state index contributed by atoms with van der Waals surface area (Å²) in [5, 5.41) is 17.3. The molecule has 7 rings (SSSR count). The van der Waals surface area contributed by atoms with Crippen LogP contribution in [0.15, 0.2) is 109 Å². The first kappa shape index (κ1) is 27.0. The third kappa shape index (κ3) is 4.31. The molecule has 2 nitrogen and oxygen atoms in total. The average Bonchev–Trinajstić information content (AvgIpc) is 3.31. The van der Waals surface area contributed by atoms with Gasteiger partial charge in [-0.15, -0.1) is 0 Å². The molecule has 0 unspecified atom stereocenters. The number of rotatable bonds is 2. The molecule has 2 heteroatoms. The molecule has 7 aromatic rings. The van der Waals surface area contributed by atoms with Crippen LogP contribution in [0.3, 0.4) is 0 Å². The number of hydrogen-bond acceptors (Lipinski definition) is 1. The minimum Gasteiger partial charge on any atom is -0.309 e. The highest BCUT2D eigenvalue weighted by Gasteiger charge is 2.27. The lowest BCUT2D eigenvalue weighted by atomic mass is 9.73. The summed E-state index contributed by atoms with van der Waals surface area (Å²) in [7, 11) is 0. The highest BCUT2D eigenvalue weighted by atomic mass is 15.0. The zero-order valence-electron chi connectivity index (χ0n) is 25.8. The largest absolute Gasteiger partial charge is 0.309 e. The minimum atomic E-state index is -0.0341. The molecule has 0 bridgehead atoms. The van der Waals surface area contributed by atoms with E-state index in [0.29, 0.717) is 5.56 Å². The molecule has 0 amide bonds. The normalized spacial score (nSPS) is 12.4. The van der Waals surface area contributed by atoms with Gasteiger partial charge < -0.3 is 4.57 Å². The Morgan fingerprint density at radius 3 is 1.58 bits per heavy atom. The zero-order chi connectivity index (χ0) is 30.1. The van der Waals surface area contributed by atoms with E-state index in [9.17, 15) is 5.26 Å². The molecule has 0 saturated heterocycles. The van der Waals surface area contributed by atoms with Crippen molar-refractivity contribution in [3.8, 4) is 22.9 Å². The number of nitriles is 1. The fraction of sp³-hybridized carbons (Fsp3) is 0.195. The SMILES string of the molecule is CC(C)(C)c1c2ccccc2c(C(C)(C)C)c2cc(-c3ccc4c(c3)c3cc(C#N)ccc3n4-c3ccccc3)ccc12. The molecule has 0 aliphatic heterocycles. The van der Waals surface area contributed by atoms with Crippen LogP contribution in [0.4, 0.5) is 0 Å². The molecule has 0 saturated carbocycles. The maximum atomic E-state index is 9.72. The number of nitrogens with zero attached hydrogens (tertiary/aromatic N) is 2. The van der Waals surface area contributed by atoms with E-state index in [2.05, 4.69) is 143 Å². The maximum absolute atomic E-state index is 9.72. The van der Waals surface area contributed by atoms with Gasteiger partial charge in [0.25, 0.3) is 0 Å². The first-order valence-electron chi connectivity index (χ1n) is 15.1. The standard InChI is InChI=1S/C41H36N2/c1-40(2,3)38-30-14-10-11-15-31(30)39(41(4,5)6)35-24-27(17-19-32(35)38)28-18-21-37-34(23-28)33-22-26(25-42)16-20-36(33)43(37)29-12-8-7-9-13-29/h7-24H,1-6H3. The molecule has 0 aliphatic rings. The molecule has 210 valence electrons. The Bertz CT molecular complexity index is 2250. The minimum absolute atomic E-state index is 0.00753. The second kappa shape index (κ2) is 9.58. The molecule has 1 heterocycles. The monoisotopic (exact) mass is 556 g/mol. The summed E-state index contributed by atoms with van der Waals surface area (Å²) in [5.74, 6) is 0. The smallest absolute Gasteiger partial charge is 0.0991 e. The number of para-hydroxylation sites is 1. The molecule has 0 atom stereocenters. The van der Waals surface area contributed by atoms with Gasteiger partial charge in [0.1, 0.15) is 0 Å². The van der Waals surface area contributed by atoms with Crippen molar-refractivity contribution < 1.29 is 0 Å². The van der Waals surface area contributed by atoms with Gasteiger partial charge in [0, 0.05) is 16.5 Å². The number of hydrogen-bond donors (Lipinski definition) is 0. The summed E-state index contributed by atoms with van der Waals surface area (Å²) in [5.41, 5.74) is 9.16. The molecule has 6 aromatic carbocycles. The van der Waals surface area contributed by atoms with E-state index in [0.717, 1.165) is 27.5 Å². The second-order valence-electron chi connectivity index (χ2n) is 13.8. The van der Waals surface area contributed by atoms with Crippen LogP contribution in [-0.2, 0) is 10.8 Å². The van der Waals surface area contributed by atoms with E-state index < -0.39 is 0 Å². The van der Waals surface area contributed by atoms with Gasteiger partial charge in [-0.25, -0.2) is 0 Å². The Kier molecular flexibility index (Phi) is 6.01. The Morgan fingerprint density at radius 2 is 0.977 bits per heavy atom. The van der Waals surface area contributed by atoms with E-state index in [-0.39, 0.29) is 10.8 Å². The van der Waals surface area contributed by atoms with Crippen LogP contribution in [0.5, 0.6) is 0 Å².